The van der Waals surface area contributed by atoms with Crippen LogP contribution in [-0.2, 0) is 0 Å². The van der Waals surface area contributed by atoms with Gasteiger partial charge in [0.15, 0.2) is 0 Å². The van der Waals surface area contributed by atoms with Crippen LogP contribution >= 0.6 is 0 Å². The third-order valence-corrected chi connectivity index (χ3v) is 2.49. The molecule has 0 unspecified atom stereocenters. The maximum Gasteiger partial charge on any atom is 0.254 e. The van der Waals surface area contributed by atoms with Crippen molar-refractivity contribution in [3.05, 3.63) is 35.4 Å². The molecular formula is C12H15F2NO2. The number of halogens is 2. The lowest BCUT2D eigenvalue weighted by Crippen LogP contribution is -2.41. The summed E-state index contributed by atoms with van der Waals surface area (Å²) in [5.41, 5.74) is -0.357. The van der Waals surface area contributed by atoms with Gasteiger partial charge in [0.05, 0.1) is 18.2 Å². The molecule has 0 spiro atoms. The first-order valence-electron chi connectivity index (χ1n) is 5.32. The molecule has 1 atom stereocenters. The Hall–Kier alpha value is -1.49. The molecule has 94 valence electrons. The molecule has 1 aromatic rings. The average molecular weight is 243 g/mol. The highest BCUT2D eigenvalue weighted by atomic mass is 19.1. The Kier molecular flexibility index (Phi) is 4.57. The first-order valence-corrected chi connectivity index (χ1v) is 5.32. The Morgan fingerprint density at radius 3 is 2.59 bits per heavy atom. The zero-order valence-electron chi connectivity index (χ0n) is 9.71. The van der Waals surface area contributed by atoms with E-state index in [2.05, 4.69) is 5.32 Å². The van der Waals surface area contributed by atoms with Crippen molar-refractivity contribution in [2.45, 2.75) is 19.9 Å². The van der Waals surface area contributed by atoms with E-state index in [1.165, 1.54) is 0 Å². The molecule has 0 radical (unpaired) electrons. The van der Waals surface area contributed by atoms with Gasteiger partial charge in [-0.25, -0.2) is 8.78 Å². The summed E-state index contributed by atoms with van der Waals surface area (Å²) in [6.45, 7) is 3.37. The van der Waals surface area contributed by atoms with Crippen LogP contribution in [0.5, 0.6) is 0 Å². The number of hydrogen-bond acceptors (Lipinski definition) is 2. The molecule has 0 heterocycles. The van der Waals surface area contributed by atoms with Crippen LogP contribution in [0.3, 0.4) is 0 Å². The molecule has 5 heteroatoms. The summed E-state index contributed by atoms with van der Waals surface area (Å²) >= 11 is 0. The molecule has 0 saturated carbocycles. The maximum absolute atomic E-state index is 13.3. The normalized spacial score (nSPS) is 12.6. The average Bonchev–Trinajstić information content (AvgIpc) is 2.28. The number of aliphatic hydroxyl groups is 1. The minimum absolute atomic E-state index is 0.000528. The summed E-state index contributed by atoms with van der Waals surface area (Å²) in [7, 11) is 0. The minimum Gasteiger partial charge on any atom is -0.394 e. The first kappa shape index (κ1) is 13.6. The molecule has 0 bridgehead atoms. The third-order valence-electron chi connectivity index (χ3n) is 2.49. The lowest BCUT2D eigenvalue weighted by molar-refractivity contribution is 0.0892. The third kappa shape index (κ3) is 3.49. The zero-order chi connectivity index (χ0) is 13.0. The Morgan fingerprint density at radius 1 is 1.41 bits per heavy atom. The maximum atomic E-state index is 13.3. The second-order valence-electron chi connectivity index (χ2n) is 4.13. The molecule has 0 aliphatic rings. The minimum atomic E-state index is -0.788. The Bertz CT molecular complexity index is 407. The topological polar surface area (TPSA) is 49.3 Å². The van der Waals surface area contributed by atoms with Gasteiger partial charge < -0.3 is 10.4 Å². The largest absolute Gasteiger partial charge is 0.394 e. The van der Waals surface area contributed by atoms with E-state index in [4.69, 9.17) is 5.11 Å². The number of carbonyl (C=O) groups is 1. The fourth-order valence-corrected chi connectivity index (χ4v) is 1.34. The number of aliphatic hydroxyl groups excluding tert-OH is 1. The summed E-state index contributed by atoms with van der Waals surface area (Å²) in [5.74, 6) is -2.19. The van der Waals surface area contributed by atoms with E-state index in [0.717, 1.165) is 18.2 Å². The van der Waals surface area contributed by atoms with Crippen molar-refractivity contribution in [1.82, 2.24) is 5.32 Å². The van der Waals surface area contributed by atoms with E-state index in [-0.39, 0.29) is 18.1 Å². The number of carbonyl (C=O) groups excluding carboxylic acids is 1. The van der Waals surface area contributed by atoms with E-state index in [1.807, 2.05) is 13.8 Å². The van der Waals surface area contributed by atoms with Crippen LogP contribution in [0, 0.1) is 17.6 Å². The highest BCUT2D eigenvalue weighted by molar-refractivity contribution is 5.94. The van der Waals surface area contributed by atoms with Crippen molar-refractivity contribution in [2.24, 2.45) is 5.92 Å². The van der Waals surface area contributed by atoms with Gasteiger partial charge >= 0.3 is 0 Å². The molecule has 0 aliphatic carbocycles. The smallest absolute Gasteiger partial charge is 0.254 e. The SMILES string of the molecule is CC(C)[C@@H](CO)NC(=O)c1cc(F)ccc1F. The van der Waals surface area contributed by atoms with Gasteiger partial charge in [0.2, 0.25) is 0 Å². The summed E-state index contributed by atoms with van der Waals surface area (Å²) in [6, 6.07) is 2.19. The predicted octanol–water partition coefficient (Wildman–Crippen LogP) is 1.71. The predicted molar refractivity (Wildman–Crippen MR) is 59.5 cm³/mol. The highest BCUT2D eigenvalue weighted by Crippen LogP contribution is 2.10. The number of rotatable bonds is 4. The van der Waals surface area contributed by atoms with Crippen molar-refractivity contribution in [2.75, 3.05) is 6.61 Å². The van der Waals surface area contributed by atoms with Gasteiger partial charge in [-0.2, -0.15) is 0 Å². The molecule has 3 nitrogen and oxygen atoms in total. The summed E-state index contributed by atoms with van der Waals surface area (Å²) in [4.78, 5) is 11.7. The van der Waals surface area contributed by atoms with Gasteiger partial charge in [0.1, 0.15) is 11.6 Å². The molecule has 1 amide bonds. The summed E-state index contributed by atoms with van der Waals surface area (Å²) in [6.07, 6.45) is 0. The first-order chi connectivity index (χ1) is 7.95. The van der Waals surface area contributed by atoms with Crippen LogP contribution in [0.25, 0.3) is 0 Å². The van der Waals surface area contributed by atoms with Crippen molar-refractivity contribution in [1.29, 1.82) is 0 Å². The number of hydrogen-bond donors (Lipinski definition) is 2. The van der Waals surface area contributed by atoms with E-state index < -0.39 is 23.6 Å². The Morgan fingerprint density at radius 2 is 2.06 bits per heavy atom. The zero-order valence-corrected chi connectivity index (χ0v) is 9.71. The lowest BCUT2D eigenvalue weighted by atomic mass is 10.0. The standard InChI is InChI=1S/C12H15F2NO2/c1-7(2)11(6-16)15-12(17)9-5-8(13)3-4-10(9)14/h3-5,7,11,16H,6H2,1-2H3,(H,15,17)/t11-/m1/s1. The molecule has 1 aromatic carbocycles. The number of amides is 1. The summed E-state index contributed by atoms with van der Waals surface area (Å²) in [5, 5.41) is 11.5. The molecular weight excluding hydrogens is 228 g/mol. The second-order valence-corrected chi connectivity index (χ2v) is 4.13. The van der Waals surface area contributed by atoms with E-state index >= 15 is 0 Å². The fourth-order valence-electron chi connectivity index (χ4n) is 1.34. The van der Waals surface area contributed by atoms with Crippen molar-refractivity contribution < 1.29 is 18.7 Å². The van der Waals surface area contributed by atoms with Crippen LogP contribution in [0.1, 0.15) is 24.2 Å². The molecule has 0 aliphatic heterocycles. The van der Waals surface area contributed by atoms with Crippen molar-refractivity contribution in [3.63, 3.8) is 0 Å². The van der Waals surface area contributed by atoms with Crippen LogP contribution in [0.15, 0.2) is 18.2 Å². The highest BCUT2D eigenvalue weighted by Gasteiger charge is 2.18. The van der Waals surface area contributed by atoms with E-state index in [0.29, 0.717) is 0 Å². The molecule has 17 heavy (non-hydrogen) atoms. The molecule has 1 rings (SSSR count). The quantitative estimate of drug-likeness (QED) is 0.845. The molecule has 0 aromatic heterocycles. The lowest BCUT2D eigenvalue weighted by Gasteiger charge is -2.20. The van der Waals surface area contributed by atoms with Crippen molar-refractivity contribution in [3.8, 4) is 0 Å². The van der Waals surface area contributed by atoms with Gasteiger partial charge in [-0.15, -0.1) is 0 Å². The van der Waals surface area contributed by atoms with Crippen LogP contribution < -0.4 is 5.32 Å². The molecule has 2 N–H and O–H groups in total. The Balaban J connectivity index is 2.86. The Labute approximate surface area is 98.5 Å². The second kappa shape index (κ2) is 5.72. The van der Waals surface area contributed by atoms with Gasteiger partial charge in [0, 0.05) is 0 Å². The number of nitrogens with one attached hydrogen (secondary N) is 1. The van der Waals surface area contributed by atoms with Crippen LogP contribution in [-0.4, -0.2) is 23.7 Å². The summed E-state index contributed by atoms with van der Waals surface area (Å²) < 4.78 is 26.2. The van der Waals surface area contributed by atoms with Crippen LogP contribution in [0.2, 0.25) is 0 Å². The number of benzene rings is 1. The van der Waals surface area contributed by atoms with Gasteiger partial charge in [-0.1, -0.05) is 13.8 Å². The molecule has 0 fully saturated rings. The van der Waals surface area contributed by atoms with Crippen molar-refractivity contribution >= 4 is 5.91 Å². The fraction of sp³-hybridized carbons (Fsp3) is 0.417. The van der Waals surface area contributed by atoms with E-state index in [9.17, 15) is 13.6 Å². The van der Waals surface area contributed by atoms with E-state index in [1.54, 1.807) is 0 Å². The van der Waals surface area contributed by atoms with Gasteiger partial charge in [0.25, 0.3) is 5.91 Å². The molecule has 0 saturated heterocycles. The van der Waals surface area contributed by atoms with Gasteiger partial charge in [-0.3, -0.25) is 4.79 Å². The van der Waals surface area contributed by atoms with Crippen LogP contribution in [0.4, 0.5) is 8.78 Å². The van der Waals surface area contributed by atoms with Gasteiger partial charge in [-0.05, 0) is 24.1 Å². The monoisotopic (exact) mass is 243 g/mol.